The summed E-state index contributed by atoms with van der Waals surface area (Å²) in [5.41, 5.74) is -2.73. The maximum Gasteiger partial charge on any atom is 0.410 e. The first-order valence-electron chi connectivity index (χ1n) is 19.9. The van der Waals surface area contributed by atoms with E-state index < -0.39 is 81.2 Å². The van der Waals surface area contributed by atoms with Crippen molar-refractivity contribution in [3.63, 3.8) is 0 Å². The van der Waals surface area contributed by atoms with E-state index in [1.165, 1.54) is 9.80 Å². The highest BCUT2D eigenvalue weighted by molar-refractivity contribution is 5.69. The van der Waals surface area contributed by atoms with Crippen molar-refractivity contribution in [3.8, 4) is 0 Å². The predicted molar refractivity (Wildman–Crippen MR) is 213 cm³/mol. The number of hydrogen-bond donors (Lipinski definition) is 2. The zero-order valence-corrected chi connectivity index (χ0v) is 34.2. The summed E-state index contributed by atoms with van der Waals surface area (Å²) in [5.74, 6) is -17.7. The Morgan fingerprint density at radius 1 is 0.419 bits per heavy atom. The molecule has 0 bridgehead atoms. The normalized spacial score (nSPS) is 24.9. The molecule has 6 fully saturated rings. The largest absolute Gasteiger partial charge is 0.444 e. The fourth-order valence-corrected chi connectivity index (χ4v) is 8.76. The molecule has 6 atom stereocenters. The summed E-state index contributed by atoms with van der Waals surface area (Å²) in [5, 5.41) is 6.49. The van der Waals surface area contributed by atoms with Gasteiger partial charge in [0.05, 0.1) is 0 Å². The Kier molecular flexibility index (Phi) is 15.7. The van der Waals surface area contributed by atoms with Gasteiger partial charge in [-0.1, -0.05) is 14.9 Å². The number of likely N-dealkylation sites (tertiary alicyclic amines) is 2. The van der Waals surface area contributed by atoms with Crippen LogP contribution in [0.4, 0.5) is 64.9 Å². The van der Waals surface area contributed by atoms with Crippen molar-refractivity contribution < 1.29 is 63.0 Å². The lowest BCUT2D eigenvalue weighted by Gasteiger charge is -2.26. The van der Waals surface area contributed by atoms with Gasteiger partial charge in [0.15, 0.2) is 46.5 Å². The zero-order valence-electron chi connectivity index (χ0n) is 34.2. The molecule has 2 aromatic carbocycles. The Morgan fingerprint density at radius 3 is 0.919 bits per heavy atom. The van der Waals surface area contributed by atoms with Gasteiger partial charge >= 0.3 is 12.2 Å². The SMILES string of the molecule is C.C.CC(C)(C)OC(=O)N1C[C@@H]2CN(c3c(F)c(F)c(F)c(F)c3F)C[C@@H]2C1.CC(C)(C)OC(=O)N1C[C@H]2CNC[C@H]2C1.Fc1c(F)c(F)c(N2C[C@H]3CNC[C@H]3C2)c(F)c1F. The van der Waals surface area contributed by atoms with Crippen molar-refractivity contribution >= 4 is 23.6 Å². The molecule has 0 aromatic heterocycles. The summed E-state index contributed by atoms with van der Waals surface area (Å²) < 4.78 is 145. The maximum atomic E-state index is 14.0. The minimum atomic E-state index is -2.17. The monoisotopic (exact) mass is 900 g/mol. The first-order chi connectivity index (χ1) is 28.0. The zero-order chi connectivity index (χ0) is 44.2. The number of ether oxygens (including phenoxy) is 2. The van der Waals surface area contributed by atoms with Crippen LogP contribution in [0.1, 0.15) is 56.4 Å². The van der Waals surface area contributed by atoms with Gasteiger partial charge in [0.25, 0.3) is 0 Å². The Bertz CT molecular complexity index is 1870. The van der Waals surface area contributed by atoms with Crippen LogP contribution in [0.15, 0.2) is 0 Å². The van der Waals surface area contributed by atoms with Gasteiger partial charge in [-0.2, -0.15) is 0 Å². The van der Waals surface area contributed by atoms with E-state index in [-0.39, 0.29) is 63.3 Å². The number of nitrogens with zero attached hydrogens (tertiary/aromatic N) is 4. The van der Waals surface area contributed by atoms with Gasteiger partial charge in [-0.15, -0.1) is 0 Å². The van der Waals surface area contributed by atoms with E-state index >= 15 is 0 Å². The number of rotatable bonds is 2. The number of hydrogen-bond acceptors (Lipinski definition) is 8. The highest BCUT2D eigenvalue weighted by atomic mass is 19.2. The van der Waals surface area contributed by atoms with Crippen LogP contribution >= 0.6 is 0 Å². The van der Waals surface area contributed by atoms with Crippen LogP contribution < -0.4 is 20.4 Å². The van der Waals surface area contributed by atoms with E-state index in [1.54, 1.807) is 20.8 Å². The van der Waals surface area contributed by atoms with Gasteiger partial charge < -0.3 is 39.7 Å². The molecule has 6 saturated heterocycles. The summed E-state index contributed by atoms with van der Waals surface area (Å²) in [7, 11) is 0. The first kappa shape index (κ1) is 50.4. The molecule has 2 amide bonds. The number of carbonyl (C=O) groups excluding carboxylic acids is 2. The van der Waals surface area contributed by atoms with Crippen LogP contribution in [0.5, 0.6) is 0 Å². The van der Waals surface area contributed by atoms with Crippen molar-refractivity contribution in [3.05, 3.63) is 58.2 Å². The fraction of sp³-hybridized carbons (Fsp3) is 0.667. The van der Waals surface area contributed by atoms with Gasteiger partial charge in [0.2, 0.25) is 11.6 Å². The maximum absolute atomic E-state index is 14.0. The second-order valence-corrected chi connectivity index (χ2v) is 18.3. The smallest absolute Gasteiger partial charge is 0.410 e. The Balaban J connectivity index is 0.000000209. The lowest BCUT2D eigenvalue weighted by Crippen LogP contribution is -2.37. The van der Waals surface area contributed by atoms with Crippen molar-refractivity contribution in [2.45, 2.75) is 67.6 Å². The number of nitrogens with one attached hydrogen (secondary N) is 2. The Labute approximate surface area is 356 Å². The molecule has 6 aliphatic rings. The van der Waals surface area contributed by atoms with Gasteiger partial charge in [-0.05, 0) is 65.2 Å². The van der Waals surface area contributed by atoms with E-state index in [9.17, 15) is 53.5 Å². The molecule has 0 saturated carbocycles. The van der Waals surface area contributed by atoms with Crippen LogP contribution in [0.2, 0.25) is 0 Å². The molecule has 2 N–H and O–H groups in total. The number of anilines is 2. The quantitative estimate of drug-likeness (QED) is 0.178. The molecule has 2 aromatic rings. The highest BCUT2D eigenvalue weighted by Gasteiger charge is 2.45. The molecule has 10 nitrogen and oxygen atoms in total. The molecule has 20 heteroatoms. The second kappa shape index (κ2) is 19.3. The molecule has 0 spiro atoms. The lowest BCUT2D eigenvalue weighted by molar-refractivity contribution is 0.0272. The van der Waals surface area contributed by atoms with Crippen molar-refractivity contribution in [2.24, 2.45) is 35.5 Å². The highest BCUT2D eigenvalue weighted by Crippen LogP contribution is 2.39. The number of amides is 2. The van der Waals surface area contributed by atoms with E-state index in [2.05, 4.69) is 10.6 Å². The summed E-state index contributed by atoms with van der Waals surface area (Å²) in [6, 6.07) is 0. The average Bonchev–Trinajstić information content (AvgIpc) is 4.00. The molecule has 350 valence electrons. The number of benzene rings is 2. The lowest BCUT2D eigenvalue weighted by atomic mass is 10.0. The third-order valence-electron chi connectivity index (χ3n) is 11.6. The summed E-state index contributed by atoms with van der Waals surface area (Å²) in [6.07, 6.45) is -0.633. The number of fused-ring (bicyclic) bond motifs is 3. The first-order valence-corrected chi connectivity index (χ1v) is 19.9. The predicted octanol–water partition coefficient (Wildman–Crippen LogP) is 8.07. The molecule has 0 unspecified atom stereocenters. The van der Waals surface area contributed by atoms with Crippen LogP contribution in [-0.2, 0) is 9.47 Å². The van der Waals surface area contributed by atoms with Gasteiger partial charge in [-0.3, -0.25) is 0 Å². The minimum Gasteiger partial charge on any atom is -0.444 e. The Morgan fingerprint density at radius 2 is 0.645 bits per heavy atom. The van der Waals surface area contributed by atoms with Crippen molar-refractivity contribution in [1.82, 2.24) is 20.4 Å². The molecule has 62 heavy (non-hydrogen) atoms. The van der Waals surface area contributed by atoms with E-state index in [1.807, 2.05) is 25.7 Å². The second-order valence-electron chi connectivity index (χ2n) is 18.3. The number of carbonyl (C=O) groups is 2. The minimum absolute atomic E-state index is 0. The van der Waals surface area contributed by atoms with Crippen LogP contribution in [0.3, 0.4) is 0 Å². The molecule has 0 aliphatic carbocycles. The molecular weight excluding hydrogens is 842 g/mol. The summed E-state index contributed by atoms with van der Waals surface area (Å²) in [6.45, 7) is 17.6. The van der Waals surface area contributed by atoms with Crippen LogP contribution in [0, 0.1) is 93.7 Å². The fourth-order valence-electron chi connectivity index (χ4n) is 8.76. The molecular formula is C42H58F10N6O4. The standard InChI is InChI=1S/C17H19F5N2O2.C12H11F5N2.C11H20N2O2.2CH4/c1-17(2,3)26-16(25)24-6-8-4-23(5-9(8)7-24)15-13(21)11(19)10(18)12(20)14(15)22;13-7-8(14)10(16)12(11(17)9(7)15)19-3-5-1-18-2-6(5)4-19;1-11(2,3)15-10(14)13-6-8-4-12-5-9(8)7-13;;/h8-9H,4-7H2,1-3H3;5-6,18H,1-4H2;8-9,12H,4-7H2,1-3H3;2*1H4/t8-,9+;5-,6+;8-,9+;;. The summed E-state index contributed by atoms with van der Waals surface area (Å²) in [4.78, 5) is 29.7. The van der Waals surface area contributed by atoms with Crippen molar-refractivity contribution in [2.75, 3.05) is 88.3 Å². The van der Waals surface area contributed by atoms with Crippen LogP contribution in [0.25, 0.3) is 0 Å². The van der Waals surface area contributed by atoms with Crippen LogP contribution in [-0.4, -0.2) is 112 Å². The molecule has 8 rings (SSSR count). The van der Waals surface area contributed by atoms with E-state index in [0.717, 1.165) is 31.1 Å². The average molecular weight is 901 g/mol. The number of halogens is 10. The van der Waals surface area contributed by atoms with Gasteiger partial charge in [0, 0.05) is 90.4 Å². The molecule has 6 aliphatic heterocycles. The van der Waals surface area contributed by atoms with E-state index in [0.29, 0.717) is 51.1 Å². The third-order valence-corrected chi connectivity index (χ3v) is 11.6. The van der Waals surface area contributed by atoms with Crippen molar-refractivity contribution in [1.29, 1.82) is 0 Å². The summed E-state index contributed by atoms with van der Waals surface area (Å²) >= 11 is 0. The van der Waals surface area contributed by atoms with Gasteiger partial charge in [-0.25, -0.2) is 53.5 Å². The topological polar surface area (TPSA) is 89.6 Å². The molecule has 0 radical (unpaired) electrons. The Hall–Kier alpha value is -4.20. The molecule has 6 heterocycles. The third kappa shape index (κ3) is 10.6. The van der Waals surface area contributed by atoms with E-state index in [4.69, 9.17) is 9.47 Å². The van der Waals surface area contributed by atoms with Gasteiger partial charge in [0.1, 0.15) is 22.6 Å².